The molecule has 1 amide bonds. The second-order valence-electron chi connectivity index (χ2n) is 7.05. The lowest BCUT2D eigenvalue weighted by molar-refractivity contribution is -0.886. The van der Waals surface area contributed by atoms with Crippen LogP contribution in [-0.2, 0) is 4.79 Å². The third kappa shape index (κ3) is 5.06. The highest BCUT2D eigenvalue weighted by Crippen LogP contribution is 2.18. The quantitative estimate of drug-likeness (QED) is 0.792. The molecule has 1 heterocycles. The molecule has 2 N–H and O–H groups in total. The molecule has 3 heteroatoms. The van der Waals surface area contributed by atoms with Crippen LogP contribution in [0.4, 0.5) is 0 Å². The van der Waals surface area contributed by atoms with Crippen LogP contribution >= 0.6 is 0 Å². The summed E-state index contributed by atoms with van der Waals surface area (Å²) in [4.78, 5) is 13.7. The van der Waals surface area contributed by atoms with E-state index in [0.29, 0.717) is 12.5 Å². The lowest BCUT2D eigenvalue weighted by Gasteiger charge is -2.24. The van der Waals surface area contributed by atoms with Gasteiger partial charge in [0.05, 0.1) is 13.1 Å². The number of carbonyl (C=O) groups excluding carboxylic acids is 1. The molecule has 3 nitrogen and oxygen atoms in total. The van der Waals surface area contributed by atoms with E-state index >= 15 is 0 Å². The second-order valence-corrected chi connectivity index (χ2v) is 7.05. The van der Waals surface area contributed by atoms with Crippen LogP contribution in [0.15, 0.2) is 66.7 Å². The van der Waals surface area contributed by atoms with Crippen molar-refractivity contribution in [2.45, 2.75) is 25.7 Å². The van der Waals surface area contributed by atoms with Gasteiger partial charge in [-0.05, 0) is 29.2 Å². The summed E-state index contributed by atoms with van der Waals surface area (Å²) < 4.78 is 0. The van der Waals surface area contributed by atoms with E-state index in [-0.39, 0.29) is 5.91 Å². The van der Waals surface area contributed by atoms with Gasteiger partial charge >= 0.3 is 0 Å². The molecule has 0 aromatic heterocycles. The van der Waals surface area contributed by atoms with E-state index in [1.54, 1.807) is 0 Å². The number of amides is 1. The van der Waals surface area contributed by atoms with E-state index in [0.717, 1.165) is 32.5 Å². The van der Waals surface area contributed by atoms with E-state index in [4.69, 9.17) is 0 Å². The Hall–Kier alpha value is -2.39. The Bertz CT molecular complexity index is 724. The minimum Gasteiger partial charge on any atom is -0.351 e. The molecule has 3 rings (SSSR count). The molecule has 0 fully saturated rings. The molecule has 1 aliphatic rings. The van der Waals surface area contributed by atoms with Crippen molar-refractivity contribution in [3.8, 4) is 0 Å². The van der Waals surface area contributed by atoms with Gasteiger partial charge in [-0.15, -0.1) is 0 Å². The van der Waals surface area contributed by atoms with E-state index in [1.165, 1.54) is 21.6 Å². The molecule has 2 aromatic rings. The van der Waals surface area contributed by atoms with Crippen LogP contribution in [0.2, 0.25) is 0 Å². The predicted molar refractivity (Wildman–Crippen MR) is 107 cm³/mol. The normalized spacial score (nSPS) is 18.0. The van der Waals surface area contributed by atoms with Gasteiger partial charge in [0.25, 0.3) is 5.91 Å². The van der Waals surface area contributed by atoms with Gasteiger partial charge in [0.1, 0.15) is 0 Å². The largest absolute Gasteiger partial charge is 0.351 e. The summed E-state index contributed by atoms with van der Waals surface area (Å²) in [5.41, 5.74) is 4.02. The number of nitrogens with one attached hydrogen (secondary N) is 2. The summed E-state index contributed by atoms with van der Waals surface area (Å²) in [6, 6.07) is 21.0. The van der Waals surface area contributed by atoms with Crippen molar-refractivity contribution in [1.82, 2.24) is 5.32 Å². The molecule has 2 atom stereocenters. The lowest BCUT2D eigenvalue weighted by atomic mass is 9.96. The third-order valence-corrected chi connectivity index (χ3v) is 5.25. The molecule has 2 aromatic carbocycles. The van der Waals surface area contributed by atoms with E-state index < -0.39 is 0 Å². The van der Waals surface area contributed by atoms with Crippen molar-refractivity contribution in [3.63, 3.8) is 0 Å². The van der Waals surface area contributed by atoms with Gasteiger partial charge in [0, 0.05) is 18.9 Å². The Labute approximate surface area is 156 Å². The third-order valence-electron chi connectivity index (χ3n) is 5.25. The van der Waals surface area contributed by atoms with Crippen LogP contribution in [0, 0.1) is 0 Å². The average molecular weight is 349 g/mol. The molecular formula is C23H29N2O+. The van der Waals surface area contributed by atoms with Crippen LogP contribution in [0.3, 0.4) is 0 Å². The van der Waals surface area contributed by atoms with Crippen LogP contribution in [0.25, 0.3) is 5.57 Å². The molecule has 0 spiro atoms. The Morgan fingerprint density at radius 1 is 1.08 bits per heavy atom. The Balaban J connectivity index is 1.46. The van der Waals surface area contributed by atoms with Crippen LogP contribution < -0.4 is 10.2 Å². The van der Waals surface area contributed by atoms with E-state index in [2.05, 4.69) is 66.8 Å². The Morgan fingerprint density at radius 2 is 1.77 bits per heavy atom. The summed E-state index contributed by atoms with van der Waals surface area (Å²) in [5.74, 6) is 0.548. The first-order chi connectivity index (χ1) is 12.8. The minimum atomic E-state index is 0.158. The summed E-state index contributed by atoms with van der Waals surface area (Å²) in [5, 5.41) is 3.14. The smallest absolute Gasteiger partial charge is 0.275 e. The fourth-order valence-electron chi connectivity index (χ4n) is 3.61. The van der Waals surface area contributed by atoms with Crippen molar-refractivity contribution < 1.29 is 9.69 Å². The molecule has 1 aliphatic heterocycles. The first-order valence-electron chi connectivity index (χ1n) is 9.66. The Kier molecular flexibility index (Phi) is 6.62. The number of hydrogen-bond donors (Lipinski definition) is 2. The summed E-state index contributed by atoms with van der Waals surface area (Å²) in [6.07, 6.45) is 4.36. The van der Waals surface area contributed by atoms with Crippen molar-refractivity contribution in [2.75, 3.05) is 26.2 Å². The highest BCUT2D eigenvalue weighted by Gasteiger charge is 2.19. The molecule has 0 saturated heterocycles. The van der Waals surface area contributed by atoms with Gasteiger partial charge in [-0.25, -0.2) is 0 Å². The highest BCUT2D eigenvalue weighted by molar-refractivity contribution is 5.77. The molecule has 136 valence electrons. The van der Waals surface area contributed by atoms with E-state index in [9.17, 15) is 4.79 Å². The molecule has 0 aliphatic carbocycles. The monoisotopic (exact) mass is 349 g/mol. The van der Waals surface area contributed by atoms with Crippen molar-refractivity contribution >= 4 is 11.5 Å². The highest BCUT2D eigenvalue weighted by atomic mass is 16.2. The maximum absolute atomic E-state index is 12.4. The number of benzene rings is 2. The molecule has 0 radical (unpaired) electrons. The summed E-state index contributed by atoms with van der Waals surface area (Å²) >= 11 is 0. The average Bonchev–Trinajstić information content (AvgIpc) is 2.70. The molecule has 0 bridgehead atoms. The van der Waals surface area contributed by atoms with Gasteiger partial charge in [0.2, 0.25) is 0 Å². The van der Waals surface area contributed by atoms with Gasteiger partial charge in [-0.3, -0.25) is 4.79 Å². The maximum Gasteiger partial charge on any atom is 0.275 e. The fraction of sp³-hybridized carbons (Fsp3) is 0.348. The van der Waals surface area contributed by atoms with Crippen LogP contribution in [0.5, 0.6) is 0 Å². The summed E-state index contributed by atoms with van der Waals surface area (Å²) in [7, 11) is 0. The van der Waals surface area contributed by atoms with Crippen LogP contribution in [-0.4, -0.2) is 32.1 Å². The Morgan fingerprint density at radius 3 is 2.38 bits per heavy atom. The zero-order chi connectivity index (χ0) is 18.2. The molecule has 0 saturated carbocycles. The van der Waals surface area contributed by atoms with Gasteiger partial charge in [0.15, 0.2) is 6.54 Å². The second kappa shape index (κ2) is 9.35. The fourth-order valence-corrected chi connectivity index (χ4v) is 3.61. The van der Waals surface area contributed by atoms with Gasteiger partial charge < -0.3 is 10.2 Å². The zero-order valence-corrected chi connectivity index (χ0v) is 15.6. The number of carbonyl (C=O) groups is 1. The van der Waals surface area contributed by atoms with Crippen LogP contribution in [0.1, 0.15) is 36.8 Å². The first-order valence-corrected chi connectivity index (χ1v) is 9.66. The SMILES string of the molecule is CC[C@H](CNC(=O)C[NH+]1CC=C(c2ccccc2)CC1)c1ccccc1. The molecule has 26 heavy (non-hydrogen) atoms. The summed E-state index contributed by atoms with van der Waals surface area (Å²) in [6.45, 7) is 5.40. The predicted octanol–water partition coefficient (Wildman–Crippen LogP) is 2.67. The lowest BCUT2D eigenvalue weighted by Crippen LogP contribution is -3.13. The van der Waals surface area contributed by atoms with Gasteiger partial charge in [-0.1, -0.05) is 67.6 Å². The maximum atomic E-state index is 12.4. The van der Waals surface area contributed by atoms with E-state index in [1.807, 2.05) is 12.1 Å². The van der Waals surface area contributed by atoms with Crippen molar-refractivity contribution in [2.24, 2.45) is 0 Å². The number of hydrogen-bond acceptors (Lipinski definition) is 1. The number of quaternary nitrogens is 1. The van der Waals surface area contributed by atoms with Gasteiger partial charge in [-0.2, -0.15) is 0 Å². The standard InChI is InChI=1S/C23H28N2O/c1-2-19(20-9-5-3-6-10-20)17-24-23(26)18-25-15-13-22(14-16-25)21-11-7-4-8-12-21/h3-13,19H,2,14-18H2,1H3,(H,24,26)/p+1/t19-/m1/s1. The molecule has 1 unspecified atom stereocenters. The van der Waals surface area contributed by atoms with Crippen molar-refractivity contribution in [1.29, 1.82) is 0 Å². The molecular weight excluding hydrogens is 320 g/mol. The minimum absolute atomic E-state index is 0.158. The first kappa shape index (κ1) is 18.4. The van der Waals surface area contributed by atoms with Crippen molar-refractivity contribution in [3.05, 3.63) is 77.9 Å². The topological polar surface area (TPSA) is 33.5 Å². The zero-order valence-electron chi connectivity index (χ0n) is 15.6. The number of rotatable bonds is 7.